The predicted molar refractivity (Wildman–Crippen MR) is 120 cm³/mol. The Hall–Kier alpha value is -2.35. The molecule has 4 aromatic rings. The van der Waals surface area contributed by atoms with Gasteiger partial charge in [0.25, 0.3) is 0 Å². The summed E-state index contributed by atoms with van der Waals surface area (Å²) in [4.78, 5) is 0. The molecule has 0 bridgehead atoms. The Morgan fingerprint density at radius 3 is 2.33 bits per heavy atom. The second-order valence-electron chi connectivity index (χ2n) is 7.98. The van der Waals surface area contributed by atoms with Gasteiger partial charge in [0.05, 0.1) is 0 Å². The van der Waals surface area contributed by atoms with E-state index in [0.29, 0.717) is 0 Å². The normalized spacial score (nSPS) is 14.2. The molecule has 0 unspecified atom stereocenters. The van der Waals surface area contributed by atoms with Crippen LogP contribution in [0.25, 0.3) is 21.9 Å². The number of hydrogen-bond acceptors (Lipinski definition) is 0. The zero-order valence-electron chi connectivity index (χ0n) is 15.6. The lowest BCUT2D eigenvalue weighted by Crippen LogP contribution is -2.56. The predicted octanol–water partition coefficient (Wildman–Crippen LogP) is 5.89. The summed E-state index contributed by atoms with van der Waals surface area (Å²) >= 11 is 6.40. The van der Waals surface area contributed by atoms with E-state index in [1.165, 1.54) is 33.0 Å². The maximum Gasteiger partial charge on any atom is 0.113 e. The highest BCUT2D eigenvalue weighted by atomic mass is 35.5. The van der Waals surface area contributed by atoms with E-state index < -0.39 is 8.07 Å². The van der Waals surface area contributed by atoms with Crippen LogP contribution in [0.4, 0.5) is 0 Å². The Morgan fingerprint density at radius 2 is 1.52 bits per heavy atom. The minimum atomic E-state index is -1.76. The third-order valence-electron chi connectivity index (χ3n) is 5.98. The minimum Gasteiger partial charge on any atom is -0.0840 e. The van der Waals surface area contributed by atoms with Crippen LogP contribution in [0, 0.1) is 0 Å². The lowest BCUT2D eigenvalue weighted by atomic mass is 9.95. The van der Waals surface area contributed by atoms with E-state index >= 15 is 0 Å². The molecule has 2 heteroatoms. The molecular formula is C25H21ClSi. The summed E-state index contributed by atoms with van der Waals surface area (Å²) in [5, 5.41) is 6.76. The van der Waals surface area contributed by atoms with Gasteiger partial charge in [-0.15, -0.1) is 0 Å². The van der Waals surface area contributed by atoms with E-state index in [2.05, 4.69) is 79.8 Å². The van der Waals surface area contributed by atoms with Crippen LogP contribution in [0.3, 0.4) is 0 Å². The van der Waals surface area contributed by atoms with Gasteiger partial charge < -0.3 is 0 Å². The largest absolute Gasteiger partial charge is 0.113 e. The number of benzene rings is 4. The maximum atomic E-state index is 6.40. The van der Waals surface area contributed by atoms with Crippen LogP contribution in [0.1, 0.15) is 11.1 Å². The van der Waals surface area contributed by atoms with E-state index in [1.54, 1.807) is 10.4 Å². The van der Waals surface area contributed by atoms with E-state index in [9.17, 15) is 0 Å². The summed E-state index contributed by atoms with van der Waals surface area (Å²) in [5.74, 6) is 0. The fourth-order valence-electron chi connectivity index (χ4n) is 4.55. The van der Waals surface area contributed by atoms with Gasteiger partial charge in [0.2, 0.25) is 0 Å². The molecule has 1 aliphatic rings. The van der Waals surface area contributed by atoms with Gasteiger partial charge in [0.1, 0.15) is 8.07 Å². The highest BCUT2D eigenvalue weighted by Crippen LogP contribution is 2.34. The number of halogens is 1. The first-order valence-electron chi connectivity index (χ1n) is 9.45. The zero-order chi connectivity index (χ0) is 18.6. The van der Waals surface area contributed by atoms with Crippen LogP contribution < -0.4 is 10.4 Å². The summed E-state index contributed by atoms with van der Waals surface area (Å²) in [6, 6.07) is 28.7. The second-order valence-corrected chi connectivity index (χ2v) is 12.7. The molecule has 0 atom stereocenters. The van der Waals surface area contributed by atoms with Crippen LogP contribution >= 0.6 is 11.6 Å². The molecule has 0 N–H and O–H groups in total. The van der Waals surface area contributed by atoms with E-state index in [0.717, 1.165) is 11.4 Å². The van der Waals surface area contributed by atoms with Crippen molar-refractivity contribution in [3.8, 4) is 11.1 Å². The SMILES string of the molecule is C[Si]1(C)c2cc(Cc3ccccc3Cl)ccc2-c2cccc3cccc1c23. The summed E-state index contributed by atoms with van der Waals surface area (Å²) in [6.07, 6.45) is 0.878. The van der Waals surface area contributed by atoms with Crippen molar-refractivity contribution in [1.29, 1.82) is 0 Å². The van der Waals surface area contributed by atoms with Crippen molar-refractivity contribution in [2.45, 2.75) is 19.5 Å². The van der Waals surface area contributed by atoms with Crippen molar-refractivity contribution < 1.29 is 0 Å². The molecule has 0 saturated heterocycles. The number of rotatable bonds is 2. The van der Waals surface area contributed by atoms with Crippen LogP contribution in [-0.4, -0.2) is 8.07 Å². The molecule has 0 aliphatic carbocycles. The smallest absolute Gasteiger partial charge is 0.0840 e. The van der Waals surface area contributed by atoms with E-state index in [4.69, 9.17) is 11.6 Å². The van der Waals surface area contributed by atoms with Gasteiger partial charge in [-0.3, -0.25) is 0 Å². The zero-order valence-corrected chi connectivity index (χ0v) is 17.3. The highest BCUT2D eigenvalue weighted by molar-refractivity contribution is 7.03. The van der Waals surface area contributed by atoms with Crippen molar-refractivity contribution in [3.63, 3.8) is 0 Å². The third-order valence-corrected chi connectivity index (χ3v) is 9.87. The van der Waals surface area contributed by atoms with Gasteiger partial charge in [-0.2, -0.15) is 0 Å². The van der Waals surface area contributed by atoms with E-state index in [1.807, 2.05) is 12.1 Å². The minimum absolute atomic E-state index is 0.849. The van der Waals surface area contributed by atoms with Crippen LogP contribution in [0.5, 0.6) is 0 Å². The van der Waals surface area contributed by atoms with Crippen molar-refractivity contribution in [2.24, 2.45) is 0 Å². The molecule has 0 aromatic heterocycles. The Morgan fingerprint density at radius 1 is 0.741 bits per heavy atom. The fraction of sp³-hybridized carbons (Fsp3) is 0.120. The van der Waals surface area contributed by atoms with Gasteiger partial charge in [-0.25, -0.2) is 0 Å². The molecule has 0 fully saturated rings. The van der Waals surface area contributed by atoms with Gasteiger partial charge in [-0.1, -0.05) is 97.5 Å². The monoisotopic (exact) mass is 384 g/mol. The second kappa shape index (κ2) is 6.08. The third kappa shape index (κ3) is 2.57. The Kier molecular flexibility index (Phi) is 3.78. The first-order chi connectivity index (χ1) is 13.1. The average Bonchev–Trinajstić information content (AvgIpc) is 2.68. The first-order valence-corrected chi connectivity index (χ1v) is 12.8. The summed E-state index contributed by atoms with van der Waals surface area (Å²) < 4.78 is 0. The number of fused-ring (bicyclic) bond motifs is 2. The van der Waals surface area contributed by atoms with Crippen molar-refractivity contribution in [3.05, 3.63) is 95.0 Å². The maximum absolute atomic E-state index is 6.40. The van der Waals surface area contributed by atoms with Crippen LogP contribution in [-0.2, 0) is 6.42 Å². The lowest BCUT2D eigenvalue weighted by Gasteiger charge is -2.34. The topological polar surface area (TPSA) is 0 Å². The van der Waals surface area contributed by atoms with Crippen LogP contribution in [0.15, 0.2) is 78.9 Å². The quantitative estimate of drug-likeness (QED) is 0.378. The molecular weight excluding hydrogens is 364 g/mol. The number of hydrogen-bond donors (Lipinski definition) is 0. The van der Waals surface area contributed by atoms with Crippen molar-refractivity contribution >= 4 is 40.8 Å². The fourth-order valence-corrected chi connectivity index (χ4v) is 7.89. The van der Waals surface area contributed by atoms with Crippen molar-refractivity contribution in [2.75, 3.05) is 0 Å². The van der Waals surface area contributed by atoms with E-state index in [-0.39, 0.29) is 0 Å². The molecule has 27 heavy (non-hydrogen) atoms. The lowest BCUT2D eigenvalue weighted by molar-refractivity contribution is 1.20. The Balaban J connectivity index is 1.71. The molecule has 4 aromatic carbocycles. The molecule has 0 radical (unpaired) electrons. The van der Waals surface area contributed by atoms with Crippen molar-refractivity contribution in [1.82, 2.24) is 0 Å². The Labute approximate surface area is 166 Å². The Bertz CT molecular complexity index is 1180. The van der Waals surface area contributed by atoms with Gasteiger partial charge in [-0.05, 0) is 55.9 Å². The first kappa shape index (κ1) is 16.8. The standard InChI is InChI=1S/C25H21ClSi/c1-27(2)23-12-6-9-18-8-5-10-21(25(18)23)20-14-13-17(16-24(20)27)15-19-7-3-4-11-22(19)26/h3-14,16H,15H2,1-2H3. The molecule has 0 spiro atoms. The molecule has 1 heterocycles. The molecule has 0 amide bonds. The molecule has 0 nitrogen and oxygen atoms in total. The van der Waals surface area contributed by atoms with Gasteiger partial charge in [0, 0.05) is 5.02 Å². The van der Waals surface area contributed by atoms with Crippen LogP contribution in [0.2, 0.25) is 18.1 Å². The molecule has 5 rings (SSSR count). The highest BCUT2D eigenvalue weighted by Gasteiger charge is 2.35. The van der Waals surface area contributed by atoms with Gasteiger partial charge in [0.15, 0.2) is 0 Å². The summed E-state index contributed by atoms with van der Waals surface area (Å²) in [6.45, 7) is 4.96. The average molecular weight is 385 g/mol. The summed E-state index contributed by atoms with van der Waals surface area (Å²) in [7, 11) is -1.76. The van der Waals surface area contributed by atoms with Gasteiger partial charge >= 0.3 is 0 Å². The molecule has 132 valence electrons. The molecule has 1 aliphatic heterocycles. The molecule has 0 saturated carbocycles. The summed E-state index contributed by atoms with van der Waals surface area (Å²) in [5.41, 5.74) is 5.33.